The smallest absolute Gasteiger partial charge is 0.144 e. The fourth-order valence-corrected chi connectivity index (χ4v) is 3.63. The van der Waals surface area contributed by atoms with Gasteiger partial charge in [-0.25, -0.2) is 0 Å². The Balaban J connectivity index is 2.03. The highest BCUT2D eigenvalue weighted by Gasteiger charge is 2.57. The largest absolute Gasteiger partial charge is 0.299 e. The van der Waals surface area contributed by atoms with E-state index >= 15 is 0 Å². The van der Waals surface area contributed by atoms with Gasteiger partial charge in [-0.1, -0.05) is 0 Å². The van der Waals surface area contributed by atoms with E-state index in [1.54, 1.807) is 0 Å². The summed E-state index contributed by atoms with van der Waals surface area (Å²) in [5, 5.41) is 0. The van der Waals surface area contributed by atoms with E-state index in [4.69, 9.17) is 0 Å². The van der Waals surface area contributed by atoms with Crippen LogP contribution in [-0.2, 0) is 9.59 Å². The van der Waals surface area contributed by atoms with Gasteiger partial charge in [0.25, 0.3) is 0 Å². The summed E-state index contributed by atoms with van der Waals surface area (Å²) >= 11 is 0. The molecule has 12 heavy (non-hydrogen) atoms. The van der Waals surface area contributed by atoms with Crippen LogP contribution < -0.4 is 0 Å². The number of ketones is 2. The van der Waals surface area contributed by atoms with Crippen LogP contribution in [0.4, 0.5) is 0 Å². The van der Waals surface area contributed by atoms with Gasteiger partial charge in [0.1, 0.15) is 11.6 Å². The molecular formula is C10H12O2. The van der Waals surface area contributed by atoms with Crippen molar-refractivity contribution in [3.8, 4) is 0 Å². The van der Waals surface area contributed by atoms with E-state index in [2.05, 4.69) is 0 Å². The van der Waals surface area contributed by atoms with Crippen molar-refractivity contribution in [3.63, 3.8) is 0 Å². The number of fused-ring (bicyclic) bond motifs is 5. The third-order valence-corrected chi connectivity index (χ3v) is 4.01. The zero-order valence-electron chi connectivity index (χ0n) is 6.95. The lowest BCUT2D eigenvalue weighted by Crippen LogP contribution is -2.24. The van der Waals surface area contributed by atoms with Crippen LogP contribution in [0.25, 0.3) is 0 Å². The summed E-state index contributed by atoms with van der Waals surface area (Å²) in [4.78, 5) is 22.9. The SMILES string of the molecule is O=C1CC(=O)[C@H]2[C@@H]3CC[C@@H](C3)[C@@H]12. The molecule has 3 fully saturated rings. The number of hydrogen-bond donors (Lipinski definition) is 0. The van der Waals surface area contributed by atoms with Crippen molar-refractivity contribution in [2.75, 3.05) is 0 Å². The minimum Gasteiger partial charge on any atom is -0.299 e. The van der Waals surface area contributed by atoms with Gasteiger partial charge >= 0.3 is 0 Å². The summed E-state index contributed by atoms with van der Waals surface area (Å²) in [5.41, 5.74) is 0. The highest BCUT2D eigenvalue weighted by Crippen LogP contribution is 2.55. The van der Waals surface area contributed by atoms with Crippen molar-refractivity contribution in [2.45, 2.75) is 25.7 Å². The van der Waals surface area contributed by atoms with Crippen LogP contribution >= 0.6 is 0 Å². The summed E-state index contributed by atoms with van der Waals surface area (Å²) in [6.07, 6.45) is 3.81. The molecule has 0 aromatic carbocycles. The van der Waals surface area contributed by atoms with Gasteiger partial charge in [0.05, 0.1) is 6.42 Å². The molecule has 0 amide bonds. The van der Waals surface area contributed by atoms with E-state index in [0.29, 0.717) is 11.8 Å². The van der Waals surface area contributed by atoms with E-state index in [-0.39, 0.29) is 29.8 Å². The lowest BCUT2D eigenvalue weighted by atomic mass is 9.81. The fourth-order valence-electron chi connectivity index (χ4n) is 3.63. The van der Waals surface area contributed by atoms with Gasteiger partial charge in [0, 0.05) is 11.8 Å². The molecule has 3 saturated carbocycles. The first-order valence-electron chi connectivity index (χ1n) is 4.83. The van der Waals surface area contributed by atoms with Crippen LogP contribution in [-0.4, -0.2) is 11.6 Å². The third kappa shape index (κ3) is 0.621. The second-order valence-electron chi connectivity index (χ2n) is 4.49. The molecule has 3 aliphatic carbocycles. The van der Waals surface area contributed by atoms with Crippen LogP contribution in [0.15, 0.2) is 0 Å². The Morgan fingerprint density at radius 1 is 0.917 bits per heavy atom. The normalized spacial score (nSPS) is 50.3. The first-order valence-corrected chi connectivity index (χ1v) is 4.83. The van der Waals surface area contributed by atoms with E-state index < -0.39 is 0 Å². The summed E-state index contributed by atoms with van der Waals surface area (Å²) in [7, 11) is 0. The number of hydrogen-bond acceptors (Lipinski definition) is 2. The van der Waals surface area contributed by atoms with Crippen molar-refractivity contribution in [3.05, 3.63) is 0 Å². The molecule has 2 bridgehead atoms. The molecule has 0 spiro atoms. The van der Waals surface area contributed by atoms with Gasteiger partial charge in [-0.05, 0) is 31.1 Å². The second-order valence-corrected chi connectivity index (χ2v) is 4.49. The molecule has 0 saturated heterocycles. The van der Waals surface area contributed by atoms with Crippen molar-refractivity contribution in [2.24, 2.45) is 23.7 Å². The van der Waals surface area contributed by atoms with Crippen molar-refractivity contribution in [1.29, 1.82) is 0 Å². The highest BCUT2D eigenvalue weighted by atomic mass is 16.2. The van der Waals surface area contributed by atoms with E-state index in [1.165, 1.54) is 12.8 Å². The van der Waals surface area contributed by atoms with Crippen molar-refractivity contribution < 1.29 is 9.59 Å². The van der Waals surface area contributed by atoms with Gasteiger partial charge in [-0.15, -0.1) is 0 Å². The molecule has 2 heteroatoms. The molecule has 0 unspecified atom stereocenters. The standard InChI is InChI=1S/C10H12O2/c11-7-4-8(12)10-6-2-1-5(3-6)9(7)10/h5-6,9-10H,1-4H2/t5-,6+,9-,10+. The van der Waals surface area contributed by atoms with Gasteiger partial charge in [-0.3, -0.25) is 9.59 Å². The third-order valence-electron chi connectivity index (χ3n) is 4.01. The number of rotatable bonds is 0. The number of carbonyl (C=O) groups is 2. The molecule has 3 rings (SSSR count). The zero-order chi connectivity index (χ0) is 8.29. The highest BCUT2D eigenvalue weighted by molar-refractivity contribution is 6.09. The number of Topliss-reactive ketones (excluding diaryl/α,β-unsaturated/α-hetero) is 2. The minimum atomic E-state index is 0.163. The van der Waals surface area contributed by atoms with Gasteiger partial charge in [0.15, 0.2) is 0 Å². The molecule has 0 aromatic heterocycles. The maximum Gasteiger partial charge on any atom is 0.144 e. The average molecular weight is 164 g/mol. The summed E-state index contributed by atoms with van der Waals surface area (Å²) in [5.74, 6) is 1.99. The second kappa shape index (κ2) is 1.98. The molecule has 3 aliphatic rings. The summed E-state index contributed by atoms with van der Waals surface area (Å²) < 4.78 is 0. The molecule has 0 radical (unpaired) electrons. The zero-order valence-corrected chi connectivity index (χ0v) is 6.95. The Bertz CT molecular complexity index is 243. The predicted octanol–water partition coefficient (Wildman–Crippen LogP) is 1.19. The molecule has 0 aromatic rings. The van der Waals surface area contributed by atoms with Gasteiger partial charge in [-0.2, -0.15) is 0 Å². The monoisotopic (exact) mass is 164 g/mol. The Morgan fingerprint density at radius 2 is 1.42 bits per heavy atom. The van der Waals surface area contributed by atoms with E-state index in [9.17, 15) is 9.59 Å². The van der Waals surface area contributed by atoms with E-state index in [1.807, 2.05) is 0 Å². The lowest BCUT2D eigenvalue weighted by molar-refractivity contribution is -0.123. The molecular weight excluding hydrogens is 152 g/mol. The Hall–Kier alpha value is -0.660. The van der Waals surface area contributed by atoms with Gasteiger partial charge in [0.2, 0.25) is 0 Å². The fraction of sp³-hybridized carbons (Fsp3) is 0.800. The van der Waals surface area contributed by atoms with Crippen LogP contribution in [0, 0.1) is 23.7 Å². The van der Waals surface area contributed by atoms with Crippen LogP contribution in [0.2, 0.25) is 0 Å². The Labute approximate surface area is 71.3 Å². The van der Waals surface area contributed by atoms with Crippen LogP contribution in [0.3, 0.4) is 0 Å². The summed E-state index contributed by atoms with van der Waals surface area (Å²) in [6, 6.07) is 0. The van der Waals surface area contributed by atoms with Crippen LogP contribution in [0.5, 0.6) is 0 Å². The molecule has 0 N–H and O–H groups in total. The molecule has 0 heterocycles. The Morgan fingerprint density at radius 3 is 1.92 bits per heavy atom. The average Bonchev–Trinajstić information content (AvgIpc) is 2.64. The molecule has 64 valence electrons. The molecule has 2 nitrogen and oxygen atoms in total. The first kappa shape index (κ1) is 6.81. The summed E-state index contributed by atoms with van der Waals surface area (Å²) in [6.45, 7) is 0. The maximum absolute atomic E-state index is 11.4. The lowest BCUT2D eigenvalue weighted by Gasteiger charge is -2.21. The predicted molar refractivity (Wildman–Crippen MR) is 42.4 cm³/mol. The minimum absolute atomic E-state index is 0.163. The quantitative estimate of drug-likeness (QED) is 0.504. The van der Waals surface area contributed by atoms with E-state index in [0.717, 1.165) is 6.42 Å². The van der Waals surface area contributed by atoms with Crippen LogP contribution in [0.1, 0.15) is 25.7 Å². The maximum atomic E-state index is 11.4. The molecule has 0 aliphatic heterocycles. The Kier molecular flexibility index (Phi) is 1.12. The molecule has 4 atom stereocenters. The topological polar surface area (TPSA) is 34.1 Å². The van der Waals surface area contributed by atoms with Crippen molar-refractivity contribution >= 4 is 11.6 Å². The van der Waals surface area contributed by atoms with Crippen molar-refractivity contribution in [1.82, 2.24) is 0 Å². The van der Waals surface area contributed by atoms with Gasteiger partial charge < -0.3 is 0 Å². The first-order chi connectivity index (χ1) is 5.77. The number of carbonyl (C=O) groups excluding carboxylic acids is 2.